The van der Waals surface area contributed by atoms with Crippen molar-refractivity contribution >= 4 is 22.6 Å². The number of phenolic OH excluding ortho intramolecular Hbond substituents is 2. The van der Waals surface area contributed by atoms with Crippen molar-refractivity contribution in [2.45, 2.75) is 0 Å². The van der Waals surface area contributed by atoms with Gasteiger partial charge in [-0.25, -0.2) is 4.79 Å². The molecular weight excluding hydrogens is 270 g/mol. The molecule has 1 heterocycles. The zero-order valence-corrected chi connectivity index (χ0v) is 11.0. The largest absolute Gasteiger partial charge is 0.507 e. The molecule has 0 saturated heterocycles. The molecule has 106 valence electrons. The lowest BCUT2D eigenvalue weighted by atomic mass is 9.98. The number of nitrogens with zero attached hydrogens (tertiary/aromatic N) is 1. The van der Waals surface area contributed by atoms with Crippen molar-refractivity contribution in [1.82, 2.24) is 4.90 Å². The summed E-state index contributed by atoms with van der Waals surface area (Å²) in [6.45, 7) is 0.218. The molecule has 0 unspecified atom stereocenters. The molecule has 0 saturated carbocycles. The molecule has 5 heteroatoms. The first kappa shape index (κ1) is 13.1. The van der Waals surface area contributed by atoms with Crippen LogP contribution < -0.4 is 0 Å². The molecule has 3 N–H and O–H groups in total. The monoisotopic (exact) mass is 283 g/mol. The number of carbonyl (C=O) groups is 1. The third-order valence-electron chi connectivity index (χ3n) is 3.46. The van der Waals surface area contributed by atoms with Gasteiger partial charge in [-0.2, -0.15) is 0 Å². The highest BCUT2D eigenvalue weighted by atomic mass is 16.4. The Morgan fingerprint density at radius 3 is 2.52 bits per heavy atom. The van der Waals surface area contributed by atoms with Crippen LogP contribution in [0.1, 0.15) is 5.56 Å². The van der Waals surface area contributed by atoms with Crippen LogP contribution in [0.25, 0.3) is 16.5 Å². The van der Waals surface area contributed by atoms with Gasteiger partial charge < -0.3 is 15.3 Å². The fourth-order valence-electron chi connectivity index (χ4n) is 2.52. The number of hydrogen-bond donors (Lipinski definition) is 3. The summed E-state index contributed by atoms with van der Waals surface area (Å²) in [6.07, 6.45) is 4.01. The molecule has 1 aliphatic rings. The van der Waals surface area contributed by atoms with Crippen LogP contribution in [0.4, 0.5) is 4.79 Å². The summed E-state index contributed by atoms with van der Waals surface area (Å²) >= 11 is 0. The first-order chi connectivity index (χ1) is 10.1. The van der Waals surface area contributed by atoms with Gasteiger partial charge in [0.1, 0.15) is 11.5 Å². The predicted molar refractivity (Wildman–Crippen MR) is 79.1 cm³/mol. The number of carboxylic acid groups (broad SMARTS) is 1. The number of phenols is 2. The Bertz CT molecular complexity index is 792. The van der Waals surface area contributed by atoms with Gasteiger partial charge in [0.05, 0.1) is 5.70 Å². The van der Waals surface area contributed by atoms with E-state index < -0.39 is 6.09 Å². The lowest BCUT2D eigenvalue weighted by Crippen LogP contribution is -2.29. The van der Waals surface area contributed by atoms with E-state index in [1.165, 1.54) is 6.07 Å². The Labute approximate surface area is 120 Å². The Hall–Kier alpha value is -2.95. The van der Waals surface area contributed by atoms with Gasteiger partial charge in [-0.1, -0.05) is 36.4 Å². The smallest absolute Gasteiger partial charge is 0.412 e. The molecule has 0 bridgehead atoms. The molecule has 2 aromatic rings. The average molecular weight is 283 g/mol. The molecule has 21 heavy (non-hydrogen) atoms. The van der Waals surface area contributed by atoms with Gasteiger partial charge in [0.15, 0.2) is 0 Å². The second-order valence-electron chi connectivity index (χ2n) is 4.71. The van der Waals surface area contributed by atoms with Crippen molar-refractivity contribution in [1.29, 1.82) is 0 Å². The van der Waals surface area contributed by atoms with Crippen molar-refractivity contribution in [3.8, 4) is 11.5 Å². The fraction of sp³-hybridized carbons (Fsp3) is 0.0625. The van der Waals surface area contributed by atoms with E-state index in [1.54, 1.807) is 42.5 Å². The van der Waals surface area contributed by atoms with Gasteiger partial charge in [0, 0.05) is 23.6 Å². The highest BCUT2D eigenvalue weighted by Gasteiger charge is 2.24. The summed E-state index contributed by atoms with van der Waals surface area (Å²) < 4.78 is 0. The molecule has 1 amide bonds. The number of aromatic hydroxyl groups is 2. The maximum Gasteiger partial charge on any atom is 0.412 e. The van der Waals surface area contributed by atoms with E-state index in [0.29, 0.717) is 22.0 Å². The molecule has 0 spiro atoms. The maximum absolute atomic E-state index is 11.4. The first-order valence-corrected chi connectivity index (χ1v) is 6.41. The van der Waals surface area contributed by atoms with E-state index in [-0.39, 0.29) is 18.0 Å². The average Bonchev–Trinajstić information content (AvgIpc) is 2.47. The zero-order chi connectivity index (χ0) is 15.0. The number of benzene rings is 2. The lowest BCUT2D eigenvalue weighted by Gasteiger charge is -2.25. The van der Waals surface area contributed by atoms with Crippen molar-refractivity contribution < 1.29 is 20.1 Å². The zero-order valence-electron chi connectivity index (χ0n) is 11.0. The predicted octanol–water partition coefficient (Wildman–Crippen LogP) is 3.14. The Kier molecular flexibility index (Phi) is 3.02. The van der Waals surface area contributed by atoms with Crippen LogP contribution in [-0.4, -0.2) is 32.9 Å². The first-order valence-electron chi connectivity index (χ1n) is 6.41. The van der Waals surface area contributed by atoms with Gasteiger partial charge in [-0.3, -0.25) is 4.90 Å². The topological polar surface area (TPSA) is 81.0 Å². The van der Waals surface area contributed by atoms with Gasteiger partial charge in [-0.05, 0) is 11.5 Å². The number of hydrogen-bond acceptors (Lipinski definition) is 3. The van der Waals surface area contributed by atoms with E-state index in [1.807, 2.05) is 0 Å². The van der Waals surface area contributed by atoms with E-state index >= 15 is 0 Å². The normalized spacial score (nSPS) is 14.3. The molecule has 0 atom stereocenters. The number of amides is 1. The SMILES string of the molecule is O=C(O)N1CC=CC=C1c1c(O)cc(O)c2ccccc12. The summed E-state index contributed by atoms with van der Waals surface area (Å²) in [4.78, 5) is 12.5. The summed E-state index contributed by atoms with van der Waals surface area (Å²) in [6, 6.07) is 8.24. The maximum atomic E-state index is 11.4. The van der Waals surface area contributed by atoms with Crippen LogP contribution in [0.15, 0.2) is 48.6 Å². The minimum atomic E-state index is -1.10. The Morgan fingerprint density at radius 1 is 1.10 bits per heavy atom. The molecule has 0 fully saturated rings. The van der Waals surface area contributed by atoms with Crippen LogP contribution in [0.5, 0.6) is 11.5 Å². The van der Waals surface area contributed by atoms with Crippen molar-refractivity contribution in [2.75, 3.05) is 6.54 Å². The fourth-order valence-corrected chi connectivity index (χ4v) is 2.52. The molecule has 5 nitrogen and oxygen atoms in total. The van der Waals surface area contributed by atoms with Crippen LogP contribution in [0.3, 0.4) is 0 Å². The summed E-state index contributed by atoms with van der Waals surface area (Å²) in [5.41, 5.74) is 0.786. The molecule has 0 radical (unpaired) electrons. The van der Waals surface area contributed by atoms with Crippen LogP contribution in [-0.2, 0) is 0 Å². The molecule has 3 rings (SSSR count). The molecule has 0 aliphatic carbocycles. The molecule has 1 aliphatic heterocycles. The van der Waals surface area contributed by atoms with Crippen LogP contribution in [0, 0.1) is 0 Å². The highest BCUT2D eigenvalue weighted by molar-refractivity contribution is 6.01. The molecular formula is C16H13NO4. The number of fused-ring (bicyclic) bond motifs is 1. The number of allylic oxidation sites excluding steroid dienone is 2. The van der Waals surface area contributed by atoms with Crippen molar-refractivity contribution in [3.05, 3.63) is 54.1 Å². The summed E-state index contributed by atoms with van der Waals surface area (Å²) in [7, 11) is 0. The summed E-state index contributed by atoms with van der Waals surface area (Å²) in [5.74, 6) is -0.195. The van der Waals surface area contributed by atoms with E-state index in [9.17, 15) is 20.1 Å². The molecule has 0 aromatic heterocycles. The van der Waals surface area contributed by atoms with Crippen molar-refractivity contribution in [2.24, 2.45) is 0 Å². The third kappa shape index (κ3) is 2.08. The number of rotatable bonds is 1. The second kappa shape index (κ2) is 4.86. The molecule has 2 aromatic carbocycles. The summed E-state index contributed by atoms with van der Waals surface area (Å²) in [5, 5.41) is 30.6. The van der Waals surface area contributed by atoms with Crippen LogP contribution in [0.2, 0.25) is 0 Å². The third-order valence-corrected chi connectivity index (χ3v) is 3.46. The Morgan fingerprint density at radius 2 is 1.81 bits per heavy atom. The minimum absolute atomic E-state index is 0.0410. The lowest BCUT2D eigenvalue weighted by molar-refractivity contribution is 0.169. The highest BCUT2D eigenvalue weighted by Crippen LogP contribution is 2.40. The quantitative estimate of drug-likeness (QED) is 0.751. The van der Waals surface area contributed by atoms with Crippen molar-refractivity contribution in [3.63, 3.8) is 0 Å². The Balaban J connectivity index is 2.32. The van der Waals surface area contributed by atoms with Gasteiger partial charge in [0.2, 0.25) is 0 Å². The van der Waals surface area contributed by atoms with E-state index in [4.69, 9.17) is 0 Å². The van der Waals surface area contributed by atoms with Gasteiger partial charge in [-0.15, -0.1) is 0 Å². The second-order valence-corrected chi connectivity index (χ2v) is 4.71. The van der Waals surface area contributed by atoms with Gasteiger partial charge in [0.25, 0.3) is 0 Å². The van der Waals surface area contributed by atoms with Gasteiger partial charge >= 0.3 is 6.09 Å². The van der Waals surface area contributed by atoms with Crippen LogP contribution >= 0.6 is 0 Å². The minimum Gasteiger partial charge on any atom is -0.507 e. The van der Waals surface area contributed by atoms with E-state index in [2.05, 4.69) is 0 Å². The standard InChI is InChI=1S/C16H13NO4/c18-13-9-14(19)15(11-6-2-1-5-10(11)13)12-7-3-4-8-17(12)16(20)21/h1-7,9,18-19H,8H2,(H,20,21). The van der Waals surface area contributed by atoms with E-state index in [0.717, 1.165) is 4.90 Å².